The number of hydrogen-bond acceptors (Lipinski definition) is 2. The molecule has 1 saturated carbocycles. The standard InChI is InChI=1S/C16H19F2NO2.ClH/c17-12-6-5-11(13(18)8-12)9-19-14-4-2-1-3-10(14)7-15(19)16(20)21;/h5-6,8,10,14-15H,1-4,7,9H2,(H,20,21);1H. The largest absolute Gasteiger partial charge is 0.480 e. The van der Waals surface area contributed by atoms with Crippen LogP contribution in [0.15, 0.2) is 18.2 Å². The zero-order valence-electron chi connectivity index (χ0n) is 12.2. The van der Waals surface area contributed by atoms with Crippen LogP contribution in [0.25, 0.3) is 0 Å². The van der Waals surface area contributed by atoms with Crippen LogP contribution in [-0.4, -0.2) is 28.1 Å². The fourth-order valence-electron chi connectivity index (χ4n) is 3.87. The van der Waals surface area contributed by atoms with E-state index in [2.05, 4.69) is 0 Å². The second-order valence-corrected chi connectivity index (χ2v) is 6.11. The van der Waals surface area contributed by atoms with E-state index in [1.54, 1.807) is 0 Å². The molecule has 0 aromatic heterocycles. The molecule has 1 aromatic rings. The minimum absolute atomic E-state index is 0. The van der Waals surface area contributed by atoms with Crippen molar-refractivity contribution in [1.29, 1.82) is 0 Å². The van der Waals surface area contributed by atoms with Crippen LogP contribution in [0.2, 0.25) is 0 Å². The van der Waals surface area contributed by atoms with Crippen LogP contribution >= 0.6 is 12.4 Å². The molecule has 1 saturated heterocycles. The van der Waals surface area contributed by atoms with Crippen molar-refractivity contribution in [2.45, 2.75) is 50.7 Å². The summed E-state index contributed by atoms with van der Waals surface area (Å²) in [6.07, 6.45) is 4.90. The molecule has 3 atom stereocenters. The van der Waals surface area contributed by atoms with Gasteiger partial charge in [0, 0.05) is 24.2 Å². The second kappa shape index (κ2) is 6.92. The van der Waals surface area contributed by atoms with E-state index in [4.69, 9.17) is 0 Å². The first-order valence-corrected chi connectivity index (χ1v) is 7.48. The molecule has 2 fully saturated rings. The lowest BCUT2D eigenvalue weighted by Gasteiger charge is -2.33. The molecule has 1 N–H and O–H groups in total. The van der Waals surface area contributed by atoms with E-state index >= 15 is 0 Å². The number of likely N-dealkylation sites (tertiary alicyclic amines) is 1. The quantitative estimate of drug-likeness (QED) is 0.920. The highest BCUT2D eigenvalue weighted by atomic mass is 35.5. The van der Waals surface area contributed by atoms with Gasteiger partial charge < -0.3 is 5.11 Å². The van der Waals surface area contributed by atoms with E-state index in [-0.39, 0.29) is 25.0 Å². The zero-order valence-corrected chi connectivity index (χ0v) is 13.0. The predicted molar refractivity (Wildman–Crippen MR) is 80.9 cm³/mol. The number of carbonyl (C=O) groups is 1. The van der Waals surface area contributed by atoms with Gasteiger partial charge in [0.25, 0.3) is 0 Å². The van der Waals surface area contributed by atoms with Gasteiger partial charge in [-0.3, -0.25) is 9.69 Å². The molecule has 0 amide bonds. The van der Waals surface area contributed by atoms with Crippen LogP contribution < -0.4 is 0 Å². The van der Waals surface area contributed by atoms with Crippen LogP contribution in [0.3, 0.4) is 0 Å². The molecule has 0 bridgehead atoms. The molecule has 6 heteroatoms. The molecule has 3 unspecified atom stereocenters. The highest BCUT2D eigenvalue weighted by molar-refractivity contribution is 5.85. The zero-order chi connectivity index (χ0) is 15.0. The van der Waals surface area contributed by atoms with Gasteiger partial charge in [-0.05, 0) is 31.2 Å². The number of rotatable bonds is 3. The molecule has 3 rings (SSSR count). The average Bonchev–Trinajstić information content (AvgIpc) is 2.81. The Kier molecular flexibility index (Phi) is 5.40. The Balaban J connectivity index is 0.00000176. The van der Waals surface area contributed by atoms with Crippen LogP contribution in [-0.2, 0) is 11.3 Å². The molecular weight excluding hydrogens is 312 g/mol. The summed E-state index contributed by atoms with van der Waals surface area (Å²) >= 11 is 0. The summed E-state index contributed by atoms with van der Waals surface area (Å²) in [6.45, 7) is 0.240. The Morgan fingerprint density at radius 3 is 2.68 bits per heavy atom. The van der Waals surface area contributed by atoms with Crippen molar-refractivity contribution < 1.29 is 18.7 Å². The van der Waals surface area contributed by atoms with Crippen LogP contribution in [0.5, 0.6) is 0 Å². The van der Waals surface area contributed by atoms with Gasteiger partial charge in [-0.1, -0.05) is 18.9 Å². The Morgan fingerprint density at radius 2 is 2.00 bits per heavy atom. The Labute approximate surface area is 134 Å². The third-order valence-corrected chi connectivity index (χ3v) is 4.87. The van der Waals surface area contributed by atoms with Crippen molar-refractivity contribution in [3.63, 3.8) is 0 Å². The maximum absolute atomic E-state index is 13.8. The molecule has 22 heavy (non-hydrogen) atoms. The molecule has 0 spiro atoms. The second-order valence-electron chi connectivity index (χ2n) is 6.11. The normalized spacial score (nSPS) is 28.0. The van der Waals surface area contributed by atoms with Gasteiger partial charge in [-0.15, -0.1) is 12.4 Å². The molecular formula is C16H20ClF2NO2. The molecule has 2 aliphatic rings. The first kappa shape index (κ1) is 17.2. The van der Waals surface area contributed by atoms with Crippen LogP contribution in [0.1, 0.15) is 37.7 Å². The maximum atomic E-state index is 13.8. The summed E-state index contributed by atoms with van der Waals surface area (Å²) in [6, 6.07) is 3.16. The first-order chi connectivity index (χ1) is 10.1. The van der Waals surface area contributed by atoms with Gasteiger partial charge in [-0.25, -0.2) is 8.78 Å². The van der Waals surface area contributed by atoms with Crippen molar-refractivity contribution in [2.24, 2.45) is 5.92 Å². The Bertz CT molecular complexity index is 555. The summed E-state index contributed by atoms with van der Waals surface area (Å²) in [5.74, 6) is -1.66. The van der Waals surface area contributed by atoms with Gasteiger partial charge in [-0.2, -0.15) is 0 Å². The van der Waals surface area contributed by atoms with Gasteiger partial charge in [0.15, 0.2) is 0 Å². The summed E-state index contributed by atoms with van der Waals surface area (Å²) < 4.78 is 26.8. The smallest absolute Gasteiger partial charge is 0.320 e. The van der Waals surface area contributed by atoms with E-state index < -0.39 is 23.6 Å². The lowest BCUT2D eigenvalue weighted by molar-refractivity contribution is -0.142. The number of hydrogen-bond donors (Lipinski definition) is 1. The third-order valence-electron chi connectivity index (χ3n) is 4.87. The van der Waals surface area contributed by atoms with E-state index in [9.17, 15) is 18.7 Å². The number of benzene rings is 1. The molecule has 3 nitrogen and oxygen atoms in total. The first-order valence-electron chi connectivity index (χ1n) is 7.48. The van der Waals surface area contributed by atoms with E-state index in [1.165, 1.54) is 12.1 Å². The van der Waals surface area contributed by atoms with E-state index in [1.807, 2.05) is 4.90 Å². The molecule has 1 aliphatic carbocycles. The maximum Gasteiger partial charge on any atom is 0.320 e. The Hall–Kier alpha value is -1.20. The third kappa shape index (κ3) is 3.25. The lowest BCUT2D eigenvalue weighted by atomic mass is 9.84. The molecule has 1 aliphatic heterocycles. The molecule has 1 aromatic carbocycles. The number of carboxylic acid groups (broad SMARTS) is 1. The van der Waals surface area contributed by atoms with Crippen molar-refractivity contribution in [3.8, 4) is 0 Å². The molecule has 1 heterocycles. The number of carboxylic acids is 1. The topological polar surface area (TPSA) is 40.5 Å². The van der Waals surface area contributed by atoms with Gasteiger partial charge in [0.1, 0.15) is 17.7 Å². The highest BCUT2D eigenvalue weighted by Gasteiger charge is 2.45. The molecule has 122 valence electrons. The fraction of sp³-hybridized carbons (Fsp3) is 0.562. The van der Waals surface area contributed by atoms with Crippen LogP contribution in [0, 0.1) is 17.6 Å². The number of nitrogens with zero attached hydrogens (tertiary/aromatic N) is 1. The number of halogens is 3. The molecule has 0 radical (unpaired) electrons. The van der Waals surface area contributed by atoms with Crippen molar-refractivity contribution in [1.82, 2.24) is 4.90 Å². The SMILES string of the molecule is Cl.O=C(O)C1CC2CCCCC2N1Cc1ccc(F)cc1F. The van der Waals surface area contributed by atoms with Gasteiger partial charge in [0.05, 0.1) is 0 Å². The van der Waals surface area contributed by atoms with Crippen molar-refractivity contribution in [2.75, 3.05) is 0 Å². The monoisotopic (exact) mass is 331 g/mol. The van der Waals surface area contributed by atoms with Crippen molar-refractivity contribution in [3.05, 3.63) is 35.4 Å². The summed E-state index contributed by atoms with van der Waals surface area (Å²) in [4.78, 5) is 13.4. The summed E-state index contributed by atoms with van der Waals surface area (Å²) in [5.41, 5.74) is 0.369. The minimum Gasteiger partial charge on any atom is -0.480 e. The number of aliphatic carboxylic acids is 1. The highest BCUT2D eigenvalue weighted by Crippen LogP contribution is 2.40. The van der Waals surface area contributed by atoms with Crippen molar-refractivity contribution >= 4 is 18.4 Å². The van der Waals surface area contributed by atoms with E-state index in [0.29, 0.717) is 17.9 Å². The average molecular weight is 332 g/mol. The summed E-state index contributed by atoms with van der Waals surface area (Å²) in [7, 11) is 0. The fourth-order valence-corrected chi connectivity index (χ4v) is 3.87. The van der Waals surface area contributed by atoms with E-state index in [0.717, 1.165) is 31.7 Å². The Morgan fingerprint density at radius 1 is 1.27 bits per heavy atom. The van der Waals surface area contributed by atoms with Gasteiger partial charge in [0.2, 0.25) is 0 Å². The summed E-state index contributed by atoms with van der Waals surface area (Å²) in [5, 5.41) is 9.43. The predicted octanol–water partition coefficient (Wildman–Crippen LogP) is 3.60. The van der Waals surface area contributed by atoms with Crippen LogP contribution in [0.4, 0.5) is 8.78 Å². The lowest BCUT2D eigenvalue weighted by Crippen LogP contribution is -2.41. The number of fused-ring (bicyclic) bond motifs is 1. The van der Waals surface area contributed by atoms with Gasteiger partial charge >= 0.3 is 5.97 Å². The minimum atomic E-state index is -0.841.